The van der Waals surface area contributed by atoms with Crippen molar-refractivity contribution in [2.45, 2.75) is 20.3 Å². The molecule has 0 aliphatic heterocycles. The quantitative estimate of drug-likeness (QED) is 0.567. The van der Waals surface area contributed by atoms with E-state index >= 15 is 0 Å². The standard InChI is InChI=1S/C14H21N3O3/c1-9(2)8-17-13(18)5-6-16-12-4-3-10(14(19)20)7-11(12)15/h3-4,7,9,16H,5-6,8,15H2,1-2H3,(H,17,18)(H,19,20). The third kappa shape index (κ3) is 5.17. The van der Waals surface area contributed by atoms with Gasteiger partial charge >= 0.3 is 5.97 Å². The van der Waals surface area contributed by atoms with Gasteiger partial charge in [0, 0.05) is 19.5 Å². The highest BCUT2D eigenvalue weighted by Crippen LogP contribution is 2.19. The lowest BCUT2D eigenvalue weighted by molar-refractivity contribution is -0.120. The van der Waals surface area contributed by atoms with Gasteiger partial charge in [-0.05, 0) is 24.1 Å². The van der Waals surface area contributed by atoms with Crippen molar-refractivity contribution in [3.63, 3.8) is 0 Å². The Balaban J connectivity index is 2.42. The summed E-state index contributed by atoms with van der Waals surface area (Å²) in [7, 11) is 0. The number of nitrogens with one attached hydrogen (secondary N) is 2. The number of hydrogen-bond donors (Lipinski definition) is 4. The molecule has 0 spiro atoms. The maximum absolute atomic E-state index is 11.5. The molecular formula is C14H21N3O3. The first-order chi connectivity index (χ1) is 9.40. The summed E-state index contributed by atoms with van der Waals surface area (Å²) in [6.07, 6.45) is 0.340. The fourth-order valence-electron chi connectivity index (χ4n) is 1.57. The van der Waals surface area contributed by atoms with Crippen molar-refractivity contribution in [3.8, 4) is 0 Å². The zero-order valence-corrected chi connectivity index (χ0v) is 11.8. The van der Waals surface area contributed by atoms with Gasteiger partial charge in [-0.15, -0.1) is 0 Å². The highest BCUT2D eigenvalue weighted by Gasteiger charge is 2.07. The monoisotopic (exact) mass is 279 g/mol. The van der Waals surface area contributed by atoms with Gasteiger partial charge in [-0.25, -0.2) is 4.79 Å². The van der Waals surface area contributed by atoms with Crippen molar-refractivity contribution in [3.05, 3.63) is 23.8 Å². The third-order valence-corrected chi connectivity index (χ3v) is 2.67. The second kappa shape index (κ2) is 7.37. The molecule has 0 atom stereocenters. The fraction of sp³-hybridized carbons (Fsp3) is 0.429. The molecule has 0 heterocycles. The lowest BCUT2D eigenvalue weighted by atomic mass is 10.1. The first-order valence-electron chi connectivity index (χ1n) is 6.53. The number of carbonyl (C=O) groups is 2. The maximum atomic E-state index is 11.5. The predicted molar refractivity (Wildman–Crippen MR) is 78.8 cm³/mol. The fourth-order valence-corrected chi connectivity index (χ4v) is 1.57. The molecule has 0 radical (unpaired) electrons. The number of carboxylic acids is 1. The molecule has 1 aromatic carbocycles. The Bertz CT molecular complexity index is 487. The summed E-state index contributed by atoms with van der Waals surface area (Å²) in [6.45, 7) is 5.17. The number of amides is 1. The predicted octanol–water partition coefficient (Wildman–Crippen LogP) is 1.54. The van der Waals surface area contributed by atoms with Crippen molar-refractivity contribution < 1.29 is 14.7 Å². The van der Waals surface area contributed by atoms with Crippen LogP contribution in [0.15, 0.2) is 18.2 Å². The molecule has 0 aromatic heterocycles. The van der Waals surface area contributed by atoms with Crippen LogP contribution < -0.4 is 16.4 Å². The minimum atomic E-state index is -1.02. The molecule has 6 nitrogen and oxygen atoms in total. The van der Waals surface area contributed by atoms with Crippen molar-refractivity contribution >= 4 is 23.3 Å². The van der Waals surface area contributed by atoms with E-state index in [9.17, 15) is 9.59 Å². The van der Waals surface area contributed by atoms with Crippen LogP contribution >= 0.6 is 0 Å². The van der Waals surface area contributed by atoms with E-state index in [0.717, 1.165) is 0 Å². The lowest BCUT2D eigenvalue weighted by Gasteiger charge is -2.11. The van der Waals surface area contributed by atoms with Crippen molar-refractivity contribution in [1.82, 2.24) is 5.32 Å². The number of benzene rings is 1. The Morgan fingerprint density at radius 3 is 2.60 bits per heavy atom. The van der Waals surface area contributed by atoms with Crippen LogP contribution in [0.2, 0.25) is 0 Å². The van der Waals surface area contributed by atoms with E-state index in [4.69, 9.17) is 10.8 Å². The molecule has 20 heavy (non-hydrogen) atoms. The molecule has 1 aromatic rings. The summed E-state index contributed by atoms with van der Waals surface area (Å²) >= 11 is 0. The summed E-state index contributed by atoms with van der Waals surface area (Å²) in [6, 6.07) is 4.47. The molecule has 0 unspecified atom stereocenters. The van der Waals surface area contributed by atoms with Gasteiger partial charge in [0.15, 0.2) is 0 Å². The molecular weight excluding hydrogens is 258 g/mol. The number of nitrogen functional groups attached to an aromatic ring is 1. The van der Waals surface area contributed by atoms with E-state index in [1.54, 1.807) is 6.07 Å². The van der Waals surface area contributed by atoms with Crippen LogP contribution in [0.25, 0.3) is 0 Å². The number of aromatic carboxylic acids is 1. The highest BCUT2D eigenvalue weighted by molar-refractivity contribution is 5.90. The number of rotatable bonds is 7. The Kier molecular flexibility index (Phi) is 5.83. The van der Waals surface area contributed by atoms with Gasteiger partial charge in [-0.1, -0.05) is 13.8 Å². The van der Waals surface area contributed by atoms with Gasteiger partial charge in [0.1, 0.15) is 0 Å². The minimum absolute atomic E-state index is 0.0214. The van der Waals surface area contributed by atoms with E-state index in [1.807, 2.05) is 13.8 Å². The van der Waals surface area contributed by atoms with Gasteiger partial charge in [0.05, 0.1) is 16.9 Å². The van der Waals surface area contributed by atoms with Gasteiger partial charge in [0.2, 0.25) is 5.91 Å². The summed E-state index contributed by atoms with van der Waals surface area (Å²) in [5.74, 6) is -0.616. The number of anilines is 2. The first kappa shape index (κ1) is 15.8. The minimum Gasteiger partial charge on any atom is -0.478 e. The SMILES string of the molecule is CC(C)CNC(=O)CCNc1ccc(C(=O)O)cc1N. The van der Waals surface area contributed by atoms with E-state index in [-0.39, 0.29) is 11.5 Å². The molecule has 5 N–H and O–H groups in total. The van der Waals surface area contributed by atoms with Crippen LogP contribution in [0.1, 0.15) is 30.6 Å². The molecule has 110 valence electrons. The molecule has 6 heteroatoms. The molecule has 0 aliphatic rings. The third-order valence-electron chi connectivity index (χ3n) is 2.67. The summed E-state index contributed by atoms with van der Waals surface area (Å²) in [4.78, 5) is 22.3. The normalized spacial score (nSPS) is 10.3. The smallest absolute Gasteiger partial charge is 0.335 e. The average molecular weight is 279 g/mol. The van der Waals surface area contributed by atoms with Crippen LogP contribution in [-0.2, 0) is 4.79 Å². The second-order valence-electron chi connectivity index (χ2n) is 4.98. The maximum Gasteiger partial charge on any atom is 0.335 e. The number of carbonyl (C=O) groups excluding carboxylic acids is 1. The van der Waals surface area contributed by atoms with E-state index in [1.165, 1.54) is 12.1 Å². The Hall–Kier alpha value is -2.24. The van der Waals surface area contributed by atoms with Gasteiger partial charge in [0.25, 0.3) is 0 Å². The molecule has 0 aliphatic carbocycles. The van der Waals surface area contributed by atoms with Crippen LogP contribution in [-0.4, -0.2) is 30.1 Å². The average Bonchev–Trinajstić information content (AvgIpc) is 2.38. The summed E-state index contributed by atoms with van der Waals surface area (Å²) in [5, 5.41) is 14.7. The molecule has 0 saturated heterocycles. The zero-order valence-electron chi connectivity index (χ0n) is 11.8. The highest BCUT2D eigenvalue weighted by atomic mass is 16.4. The Morgan fingerprint density at radius 1 is 1.35 bits per heavy atom. The van der Waals surface area contributed by atoms with Crippen LogP contribution in [0.4, 0.5) is 11.4 Å². The number of carboxylic acid groups (broad SMARTS) is 1. The van der Waals surface area contributed by atoms with E-state index in [0.29, 0.717) is 36.8 Å². The summed E-state index contributed by atoms with van der Waals surface area (Å²) in [5.41, 5.74) is 6.87. The van der Waals surface area contributed by atoms with Crippen molar-refractivity contribution in [2.24, 2.45) is 5.92 Å². The van der Waals surface area contributed by atoms with E-state index in [2.05, 4.69) is 10.6 Å². The molecule has 0 fully saturated rings. The molecule has 0 bridgehead atoms. The summed E-state index contributed by atoms with van der Waals surface area (Å²) < 4.78 is 0. The van der Waals surface area contributed by atoms with E-state index < -0.39 is 5.97 Å². The van der Waals surface area contributed by atoms with Gasteiger partial charge in [-0.2, -0.15) is 0 Å². The number of nitrogens with two attached hydrogens (primary N) is 1. The second-order valence-corrected chi connectivity index (χ2v) is 4.98. The topological polar surface area (TPSA) is 104 Å². The van der Waals surface area contributed by atoms with Crippen molar-refractivity contribution in [2.75, 3.05) is 24.1 Å². The van der Waals surface area contributed by atoms with Crippen LogP contribution in [0.3, 0.4) is 0 Å². The Labute approximate surface area is 118 Å². The zero-order chi connectivity index (χ0) is 15.1. The molecule has 1 rings (SSSR count). The van der Waals surface area contributed by atoms with Crippen LogP contribution in [0.5, 0.6) is 0 Å². The molecule has 0 saturated carbocycles. The lowest BCUT2D eigenvalue weighted by Crippen LogP contribution is -2.28. The number of hydrogen-bond acceptors (Lipinski definition) is 4. The van der Waals surface area contributed by atoms with Crippen molar-refractivity contribution in [1.29, 1.82) is 0 Å². The van der Waals surface area contributed by atoms with Gasteiger partial charge < -0.3 is 21.5 Å². The first-order valence-corrected chi connectivity index (χ1v) is 6.53. The largest absolute Gasteiger partial charge is 0.478 e. The van der Waals surface area contributed by atoms with Crippen LogP contribution in [0, 0.1) is 5.92 Å². The van der Waals surface area contributed by atoms with Gasteiger partial charge in [-0.3, -0.25) is 4.79 Å². The molecule has 1 amide bonds. The Morgan fingerprint density at radius 2 is 2.05 bits per heavy atom.